The van der Waals surface area contributed by atoms with Gasteiger partial charge in [0, 0.05) is 23.7 Å². The number of rotatable bonds is 4. The molecule has 1 heterocycles. The molecule has 1 atom stereocenters. The van der Waals surface area contributed by atoms with Crippen LogP contribution >= 0.6 is 11.6 Å². The topological polar surface area (TPSA) is 46.3 Å². The van der Waals surface area contributed by atoms with Crippen molar-refractivity contribution in [3.63, 3.8) is 0 Å². The van der Waals surface area contributed by atoms with Gasteiger partial charge in [-0.3, -0.25) is 4.79 Å². The maximum Gasteiger partial charge on any atom is 0.253 e. The van der Waals surface area contributed by atoms with Crippen LogP contribution in [-0.4, -0.2) is 30.4 Å². The van der Waals surface area contributed by atoms with Gasteiger partial charge in [-0.1, -0.05) is 35.9 Å². The highest BCUT2D eigenvalue weighted by Gasteiger charge is 2.24. The van der Waals surface area contributed by atoms with E-state index < -0.39 is 0 Å². The van der Waals surface area contributed by atoms with Crippen molar-refractivity contribution in [2.75, 3.05) is 19.6 Å². The van der Waals surface area contributed by atoms with Gasteiger partial charge < -0.3 is 10.6 Å². The molecule has 0 aliphatic carbocycles. The van der Waals surface area contributed by atoms with E-state index in [0.29, 0.717) is 12.5 Å². The standard InChI is InChI=1S/C21H25ClN2O/c1-15-19(8-3-9-20(15)22)17-6-2-7-18(13-17)21(25)24-12-4-5-16(14-24)10-11-23/h2-3,6-9,13,16H,4-5,10-12,14,23H2,1H3/t16-/m0/s1. The van der Waals surface area contributed by atoms with Crippen LogP contribution in [0.2, 0.25) is 5.02 Å². The summed E-state index contributed by atoms with van der Waals surface area (Å²) < 4.78 is 0. The second-order valence-electron chi connectivity index (χ2n) is 6.83. The van der Waals surface area contributed by atoms with E-state index in [9.17, 15) is 4.79 Å². The number of piperidine rings is 1. The van der Waals surface area contributed by atoms with E-state index in [0.717, 1.165) is 53.2 Å². The zero-order valence-corrected chi connectivity index (χ0v) is 15.4. The van der Waals surface area contributed by atoms with Crippen molar-refractivity contribution in [1.29, 1.82) is 0 Å². The molecule has 1 aliphatic heterocycles. The predicted molar refractivity (Wildman–Crippen MR) is 104 cm³/mol. The van der Waals surface area contributed by atoms with Gasteiger partial charge in [-0.25, -0.2) is 0 Å². The minimum Gasteiger partial charge on any atom is -0.338 e. The van der Waals surface area contributed by atoms with E-state index >= 15 is 0 Å². The van der Waals surface area contributed by atoms with Crippen LogP contribution in [0.5, 0.6) is 0 Å². The second kappa shape index (κ2) is 8.03. The molecule has 0 bridgehead atoms. The van der Waals surface area contributed by atoms with Gasteiger partial charge in [0.1, 0.15) is 0 Å². The first-order valence-corrected chi connectivity index (χ1v) is 9.33. The third-order valence-corrected chi connectivity index (χ3v) is 5.48. The molecule has 3 nitrogen and oxygen atoms in total. The Hall–Kier alpha value is -1.84. The van der Waals surface area contributed by atoms with Crippen LogP contribution < -0.4 is 5.73 Å². The average molecular weight is 357 g/mol. The number of amides is 1. The summed E-state index contributed by atoms with van der Waals surface area (Å²) in [6.07, 6.45) is 3.22. The molecule has 132 valence electrons. The Morgan fingerprint density at radius 3 is 2.88 bits per heavy atom. The van der Waals surface area contributed by atoms with Crippen molar-refractivity contribution in [3.8, 4) is 11.1 Å². The Kier molecular flexibility index (Phi) is 5.77. The van der Waals surface area contributed by atoms with Crippen molar-refractivity contribution in [2.24, 2.45) is 11.7 Å². The third-order valence-electron chi connectivity index (χ3n) is 5.07. The fourth-order valence-corrected chi connectivity index (χ4v) is 3.82. The summed E-state index contributed by atoms with van der Waals surface area (Å²) in [5.41, 5.74) is 9.57. The van der Waals surface area contributed by atoms with Crippen LogP contribution in [0.1, 0.15) is 35.2 Å². The molecule has 3 rings (SSSR count). The first-order valence-electron chi connectivity index (χ1n) is 8.95. The summed E-state index contributed by atoms with van der Waals surface area (Å²) >= 11 is 6.25. The number of halogens is 1. The number of nitrogens with zero attached hydrogens (tertiary/aromatic N) is 1. The summed E-state index contributed by atoms with van der Waals surface area (Å²) in [5, 5.41) is 0.745. The minimum absolute atomic E-state index is 0.114. The normalized spacial score (nSPS) is 17.6. The Balaban J connectivity index is 1.83. The molecule has 1 amide bonds. The highest BCUT2D eigenvalue weighted by atomic mass is 35.5. The highest BCUT2D eigenvalue weighted by Crippen LogP contribution is 2.29. The quantitative estimate of drug-likeness (QED) is 0.875. The third kappa shape index (κ3) is 4.05. The predicted octanol–water partition coefficient (Wildman–Crippen LogP) is 4.52. The van der Waals surface area contributed by atoms with Gasteiger partial charge in [-0.15, -0.1) is 0 Å². The molecule has 4 heteroatoms. The van der Waals surface area contributed by atoms with Crippen LogP contribution in [0.15, 0.2) is 42.5 Å². The molecule has 0 spiro atoms. The number of hydrogen-bond donors (Lipinski definition) is 1. The van der Waals surface area contributed by atoms with Crippen molar-refractivity contribution >= 4 is 17.5 Å². The van der Waals surface area contributed by atoms with E-state index in [1.165, 1.54) is 6.42 Å². The molecule has 1 saturated heterocycles. The van der Waals surface area contributed by atoms with Crippen molar-refractivity contribution in [2.45, 2.75) is 26.2 Å². The molecular weight excluding hydrogens is 332 g/mol. The van der Waals surface area contributed by atoms with Crippen molar-refractivity contribution < 1.29 is 4.79 Å². The number of benzene rings is 2. The Bertz CT molecular complexity index is 757. The molecule has 2 aromatic carbocycles. The van der Waals surface area contributed by atoms with E-state index in [-0.39, 0.29) is 5.91 Å². The van der Waals surface area contributed by atoms with Crippen LogP contribution in [0.3, 0.4) is 0 Å². The maximum atomic E-state index is 13.0. The second-order valence-corrected chi connectivity index (χ2v) is 7.24. The largest absolute Gasteiger partial charge is 0.338 e. The van der Waals surface area contributed by atoms with Gasteiger partial charge in [-0.2, -0.15) is 0 Å². The molecule has 0 aromatic heterocycles. The number of likely N-dealkylation sites (tertiary alicyclic amines) is 1. The van der Waals surface area contributed by atoms with Gasteiger partial charge in [0.15, 0.2) is 0 Å². The SMILES string of the molecule is Cc1c(Cl)cccc1-c1cccc(C(=O)N2CCC[C@@H](CCN)C2)c1. The first-order chi connectivity index (χ1) is 12.1. The zero-order valence-electron chi connectivity index (χ0n) is 14.7. The number of hydrogen-bond acceptors (Lipinski definition) is 2. The fraction of sp³-hybridized carbons (Fsp3) is 0.381. The van der Waals surface area contributed by atoms with Crippen molar-refractivity contribution in [1.82, 2.24) is 4.90 Å². The van der Waals surface area contributed by atoms with Gasteiger partial charge in [0.2, 0.25) is 0 Å². The van der Waals surface area contributed by atoms with Gasteiger partial charge >= 0.3 is 0 Å². The molecule has 0 radical (unpaired) electrons. The smallest absolute Gasteiger partial charge is 0.253 e. The van der Waals surface area contributed by atoms with E-state index in [2.05, 4.69) is 0 Å². The van der Waals surface area contributed by atoms with E-state index in [1.54, 1.807) is 0 Å². The lowest BCUT2D eigenvalue weighted by Gasteiger charge is -2.32. The summed E-state index contributed by atoms with van der Waals surface area (Å²) in [5.74, 6) is 0.643. The lowest BCUT2D eigenvalue weighted by Crippen LogP contribution is -2.40. The summed E-state index contributed by atoms with van der Waals surface area (Å²) in [6, 6.07) is 13.7. The summed E-state index contributed by atoms with van der Waals surface area (Å²) in [4.78, 5) is 14.9. The van der Waals surface area contributed by atoms with E-state index in [4.69, 9.17) is 17.3 Å². The Labute approximate surface area is 154 Å². The van der Waals surface area contributed by atoms with Gasteiger partial charge in [0.05, 0.1) is 0 Å². The monoisotopic (exact) mass is 356 g/mol. The van der Waals surface area contributed by atoms with Gasteiger partial charge in [0.25, 0.3) is 5.91 Å². The fourth-order valence-electron chi connectivity index (χ4n) is 3.64. The molecule has 25 heavy (non-hydrogen) atoms. The zero-order chi connectivity index (χ0) is 17.8. The van der Waals surface area contributed by atoms with Crippen LogP contribution in [0.25, 0.3) is 11.1 Å². The number of carbonyl (C=O) groups excluding carboxylic acids is 1. The summed E-state index contributed by atoms with van der Waals surface area (Å²) in [6.45, 7) is 4.35. The minimum atomic E-state index is 0.114. The van der Waals surface area contributed by atoms with E-state index in [1.807, 2.05) is 54.3 Å². The van der Waals surface area contributed by atoms with Crippen LogP contribution in [0, 0.1) is 12.8 Å². The highest BCUT2D eigenvalue weighted by molar-refractivity contribution is 6.31. The molecule has 2 N–H and O–H groups in total. The van der Waals surface area contributed by atoms with Crippen LogP contribution in [0.4, 0.5) is 0 Å². The lowest BCUT2D eigenvalue weighted by atomic mass is 9.94. The average Bonchev–Trinajstić information content (AvgIpc) is 2.64. The first kappa shape index (κ1) is 18.0. The number of carbonyl (C=O) groups is 1. The molecule has 1 aliphatic rings. The maximum absolute atomic E-state index is 13.0. The molecule has 0 unspecified atom stereocenters. The Morgan fingerprint density at radius 2 is 2.08 bits per heavy atom. The van der Waals surface area contributed by atoms with Gasteiger partial charge in [-0.05, 0) is 73.5 Å². The van der Waals surface area contributed by atoms with Crippen LogP contribution in [-0.2, 0) is 0 Å². The number of nitrogens with two attached hydrogens (primary N) is 1. The molecule has 2 aromatic rings. The summed E-state index contributed by atoms with van der Waals surface area (Å²) in [7, 11) is 0. The molecular formula is C21H25ClN2O. The van der Waals surface area contributed by atoms with Crippen molar-refractivity contribution in [3.05, 3.63) is 58.6 Å². The molecule has 1 fully saturated rings. The Morgan fingerprint density at radius 1 is 1.28 bits per heavy atom. The lowest BCUT2D eigenvalue weighted by molar-refractivity contribution is 0.0669. The molecule has 0 saturated carbocycles.